The molecule has 1 aromatic carbocycles. The molecule has 1 aliphatic rings. The molecule has 1 fully saturated rings. The molecule has 84 valence electrons. The lowest BCUT2D eigenvalue weighted by atomic mass is 10.1. The number of aromatic nitrogens is 3. The minimum absolute atomic E-state index is 0.548. The molecule has 16 heavy (non-hydrogen) atoms. The zero-order valence-corrected chi connectivity index (χ0v) is 11.7. The summed E-state index contributed by atoms with van der Waals surface area (Å²) in [4.78, 5) is 0. The van der Waals surface area contributed by atoms with Gasteiger partial charge in [0.2, 0.25) is 0 Å². The molecule has 2 aromatic rings. The number of benzene rings is 1. The highest BCUT2D eigenvalue weighted by molar-refractivity contribution is 14.1. The Morgan fingerprint density at radius 1 is 1.31 bits per heavy atom. The molecule has 0 saturated carbocycles. The van der Waals surface area contributed by atoms with E-state index >= 15 is 0 Å². The Balaban J connectivity index is 2.03. The minimum atomic E-state index is 0.548. The Morgan fingerprint density at radius 2 is 2.12 bits per heavy atom. The van der Waals surface area contributed by atoms with E-state index in [-0.39, 0.29) is 0 Å². The van der Waals surface area contributed by atoms with Crippen molar-refractivity contribution >= 4 is 45.4 Å². The van der Waals surface area contributed by atoms with E-state index in [1.165, 1.54) is 33.4 Å². The molecule has 0 radical (unpaired) electrons. The Kier molecular flexibility index (Phi) is 3.06. The molecule has 0 amide bonds. The average molecular weight is 345 g/mol. The van der Waals surface area contributed by atoms with Crippen LogP contribution in [0.25, 0.3) is 11.0 Å². The summed E-state index contributed by atoms with van der Waals surface area (Å²) < 4.78 is 3.34. The third-order valence-corrected chi connectivity index (χ3v) is 4.69. The van der Waals surface area contributed by atoms with E-state index in [2.05, 4.69) is 55.8 Å². The molecular formula is C11H12IN3S. The summed E-state index contributed by atoms with van der Waals surface area (Å²) in [7, 11) is 0. The summed E-state index contributed by atoms with van der Waals surface area (Å²) in [5.74, 6) is 2.49. The Morgan fingerprint density at radius 3 is 2.94 bits per heavy atom. The fraction of sp³-hybridized carbons (Fsp3) is 0.455. The molecule has 0 bridgehead atoms. The van der Waals surface area contributed by atoms with E-state index in [0.717, 1.165) is 5.52 Å². The van der Waals surface area contributed by atoms with E-state index < -0.39 is 0 Å². The van der Waals surface area contributed by atoms with Gasteiger partial charge in [-0.05, 0) is 65.1 Å². The quantitative estimate of drug-likeness (QED) is 0.744. The van der Waals surface area contributed by atoms with Crippen LogP contribution in [-0.4, -0.2) is 26.5 Å². The summed E-state index contributed by atoms with van der Waals surface area (Å²) in [6, 6.07) is 6.90. The third-order valence-electron chi connectivity index (χ3n) is 2.97. The van der Waals surface area contributed by atoms with Gasteiger partial charge in [-0.1, -0.05) is 5.21 Å². The summed E-state index contributed by atoms with van der Waals surface area (Å²) in [6.45, 7) is 0. The molecular weight excluding hydrogens is 333 g/mol. The average Bonchev–Trinajstić information content (AvgIpc) is 2.73. The van der Waals surface area contributed by atoms with Crippen LogP contribution < -0.4 is 0 Å². The van der Waals surface area contributed by atoms with Crippen LogP contribution in [0.2, 0.25) is 0 Å². The second-order valence-electron chi connectivity index (χ2n) is 4.01. The van der Waals surface area contributed by atoms with Crippen LogP contribution in [0.1, 0.15) is 18.9 Å². The van der Waals surface area contributed by atoms with Crippen LogP contribution in [-0.2, 0) is 0 Å². The largest absolute Gasteiger partial charge is 0.242 e. The van der Waals surface area contributed by atoms with Gasteiger partial charge in [0, 0.05) is 3.57 Å². The van der Waals surface area contributed by atoms with Crippen LogP contribution in [0.15, 0.2) is 18.2 Å². The van der Waals surface area contributed by atoms with Gasteiger partial charge in [0.15, 0.2) is 0 Å². The van der Waals surface area contributed by atoms with E-state index in [0.29, 0.717) is 6.04 Å². The number of fused-ring (bicyclic) bond motifs is 1. The van der Waals surface area contributed by atoms with E-state index in [1.54, 1.807) is 0 Å². The maximum atomic E-state index is 4.31. The zero-order valence-electron chi connectivity index (χ0n) is 8.77. The highest BCUT2D eigenvalue weighted by Crippen LogP contribution is 2.28. The number of thioether (sulfide) groups is 1. The minimum Gasteiger partial charge on any atom is -0.242 e. The molecule has 0 atom stereocenters. The zero-order chi connectivity index (χ0) is 11.0. The lowest BCUT2D eigenvalue weighted by Gasteiger charge is -2.21. The standard InChI is InChI=1S/C11H12IN3S/c12-8-1-2-11-10(7-8)13-14-15(11)9-3-5-16-6-4-9/h1-2,7,9H,3-6H2. The van der Waals surface area contributed by atoms with Gasteiger partial charge < -0.3 is 0 Å². The molecule has 3 rings (SSSR count). The summed E-state index contributed by atoms with van der Waals surface area (Å²) in [6.07, 6.45) is 2.43. The van der Waals surface area contributed by atoms with E-state index in [9.17, 15) is 0 Å². The van der Waals surface area contributed by atoms with Crippen LogP contribution in [0, 0.1) is 3.57 Å². The van der Waals surface area contributed by atoms with Crippen LogP contribution in [0.5, 0.6) is 0 Å². The van der Waals surface area contributed by atoms with Crippen LogP contribution >= 0.6 is 34.4 Å². The van der Waals surface area contributed by atoms with Gasteiger partial charge >= 0.3 is 0 Å². The van der Waals surface area contributed by atoms with Crippen molar-refractivity contribution in [3.63, 3.8) is 0 Å². The van der Waals surface area contributed by atoms with Crippen molar-refractivity contribution in [1.29, 1.82) is 0 Å². The summed E-state index contributed by atoms with van der Waals surface area (Å²) in [5, 5.41) is 8.57. The number of nitrogens with zero attached hydrogens (tertiary/aromatic N) is 3. The molecule has 5 heteroatoms. The maximum Gasteiger partial charge on any atom is 0.114 e. The van der Waals surface area contributed by atoms with Crippen molar-refractivity contribution in [2.75, 3.05) is 11.5 Å². The van der Waals surface area contributed by atoms with Gasteiger partial charge in [-0.15, -0.1) is 5.10 Å². The van der Waals surface area contributed by atoms with Crippen LogP contribution in [0.4, 0.5) is 0 Å². The molecule has 1 aliphatic heterocycles. The highest BCUT2D eigenvalue weighted by Gasteiger charge is 2.18. The number of rotatable bonds is 1. The van der Waals surface area contributed by atoms with Crippen molar-refractivity contribution < 1.29 is 0 Å². The highest BCUT2D eigenvalue weighted by atomic mass is 127. The molecule has 3 nitrogen and oxygen atoms in total. The predicted molar refractivity (Wildman–Crippen MR) is 75.8 cm³/mol. The number of hydrogen-bond donors (Lipinski definition) is 0. The Bertz CT molecular complexity index is 505. The first-order chi connectivity index (χ1) is 7.84. The second-order valence-corrected chi connectivity index (χ2v) is 6.48. The molecule has 0 spiro atoms. The first-order valence-corrected chi connectivity index (χ1v) is 7.66. The van der Waals surface area contributed by atoms with Gasteiger partial charge in [0.05, 0.1) is 11.6 Å². The SMILES string of the molecule is Ic1ccc2c(c1)nnn2C1CCSCC1. The molecule has 0 N–H and O–H groups in total. The lowest BCUT2D eigenvalue weighted by molar-refractivity contribution is 0.428. The first-order valence-electron chi connectivity index (χ1n) is 5.43. The van der Waals surface area contributed by atoms with Crippen molar-refractivity contribution in [3.05, 3.63) is 21.8 Å². The fourth-order valence-corrected chi connectivity index (χ4v) is 3.67. The van der Waals surface area contributed by atoms with Gasteiger partial charge in [-0.25, -0.2) is 4.68 Å². The molecule has 2 heterocycles. The molecule has 1 saturated heterocycles. The molecule has 1 aromatic heterocycles. The fourth-order valence-electron chi connectivity index (χ4n) is 2.11. The molecule has 0 unspecified atom stereocenters. The smallest absolute Gasteiger partial charge is 0.114 e. The summed E-state index contributed by atoms with van der Waals surface area (Å²) in [5.41, 5.74) is 2.20. The Labute approximate surface area is 112 Å². The normalized spacial score (nSPS) is 18.1. The van der Waals surface area contributed by atoms with E-state index in [1.807, 2.05) is 11.8 Å². The maximum absolute atomic E-state index is 4.31. The summed E-state index contributed by atoms with van der Waals surface area (Å²) >= 11 is 4.35. The molecule has 0 aliphatic carbocycles. The van der Waals surface area contributed by atoms with Crippen LogP contribution in [0.3, 0.4) is 0 Å². The topological polar surface area (TPSA) is 30.7 Å². The van der Waals surface area contributed by atoms with Gasteiger partial charge in [0.25, 0.3) is 0 Å². The number of halogens is 1. The van der Waals surface area contributed by atoms with E-state index in [4.69, 9.17) is 0 Å². The second kappa shape index (κ2) is 4.52. The van der Waals surface area contributed by atoms with Gasteiger partial charge in [-0.3, -0.25) is 0 Å². The van der Waals surface area contributed by atoms with Gasteiger partial charge in [-0.2, -0.15) is 11.8 Å². The predicted octanol–water partition coefficient (Wildman–Crippen LogP) is 3.10. The lowest BCUT2D eigenvalue weighted by Crippen LogP contribution is -2.16. The van der Waals surface area contributed by atoms with Crippen molar-refractivity contribution in [1.82, 2.24) is 15.0 Å². The number of hydrogen-bond acceptors (Lipinski definition) is 3. The van der Waals surface area contributed by atoms with Crippen molar-refractivity contribution in [3.8, 4) is 0 Å². The van der Waals surface area contributed by atoms with Crippen molar-refractivity contribution in [2.24, 2.45) is 0 Å². The first kappa shape index (κ1) is 10.8. The van der Waals surface area contributed by atoms with Gasteiger partial charge in [0.1, 0.15) is 5.52 Å². The monoisotopic (exact) mass is 345 g/mol. The Hall–Kier alpha value is -0.300. The third kappa shape index (κ3) is 1.95. The van der Waals surface area contributed by atoms with Crippen molar-refractivity contribution in [2.45, 2.75) is 18.9 Å².